The number of nitrogens with one attached hydrogen (secondary N) is 2. The maximum atomic E-state index is 12.1. The van der Waals surface area contributed by atoms with Crippen LogP contribution in [0.3, 0.4) is 0 Å². The van der Waals surface area contributed by atoms with Crippen LogP contribution in [0.1, 0.15) is 11.6 Å². The van der Waals surface area contributed by atoms with Gasteiger partial charge in [-0.1, -0.05) is 35.0 Å². The first-order chi connectivity index (χ1) is 13.9. The highest BCUT2D eigenvalue weighted by molar-refractivity contribution is 7.98. The maximum Gasteiger partial charge on any atom is 0.250 e. The first-order valence-corrected chi connectivity index (χ1v) is 10.6. The summed E-state index contributed by atoms with van der Waals surface area (Å²) in [6, 6.07) is 8.62. The normalized spacial score (nSPS) is 11.0. The van der Waals surface area contributed by atoms with Crippen molar-refractivity contribution in [2.75, 3.05) is 11.7 Å². The number of aryl methyl sites for hydroxylation is 1. The minimum atomic E-state index is -0.415. The molecule has 2 aromatic heterocycles. The number of furan rings is 1. The van der Waals surface area contributed by atoms with Crippen LogP contribution < -0.4 is 10.7 Å². The Morgan fingerprint density at radius 2 is 2.07 bits per heavy atom. The molecule has 1 amide bonds. The van der Waals surface area contributed by atoms with Crippen molar-refractivity contribution in [3.8, 4) is 11.3 Å². The molecule has 0 fully saturated rings. The Morgan fingerprint density at radius 3 is 2.79 bits per heavy atom. The van der Waals surface area contributed by atoms with E-state index in [0.717, 1.165) is 0 Å². The number of hydrogen-bond acceptors (Lipinski definition) is 6. The van der Waals surface area contributed by atoms with Crippen molar-refractivity contribution in [1.29, 1.82) is 0 Å². The van der Waals surface area contributed by atoms with E-state index in [2.05, 4.69) is 20.9 Å². The lowest BCUT2D eigenvalue weighted by atomic mass is 10.2. The van der Waals surface area contributed by atoms with Crippen molar-refractivity contribution in [2.45, 2.75) is 12.1 Å². The number of halogens is 2. The van der Waals surface area contributed by atoms with E-state index in [1.54, 1.807) is 41.9 Å². The quantitative estimate of drug-likeness (QED) is 0.323. The van der Waals surface area contributed by atoms with Crippen molar-refractivity contribution < 1.29 is 9.21 Å². The number of aromatic nitrogens is 3. The fourth-order valence-electron chi connectivity index (χ4n) is 2.32. The second-order valence-electron chi connectivity index (χ2n) is 5.66. The van der Waals surface area contributed by atoms with Crippen LogP contribution in [-0.2, 0) is 4.79 Å². The summed E-state index contributed by atoms with van der Waals surface area (Å²) in [6.45, 7) is 1.77. The van der Waals surface area contributed by atoms with E-state index < -0.39 is 5.91 Å². The SMILES string of the molecule is CSc1nnc(C)n1NC(=S)NC(=O)C=Cc1ccc(-c2ccc(Cl)cc2Cl)o1. The van der Waals surface area contributed by atoms with Gasteiger partial charge in [0.1, 0.15) is 17.3 Å². The zero-order chi connectivity index (χ0) is 21.0. The van der Waals surface area contributed by atoms with Crippen LogP contribution in [0.2, 0.25) is 10.0 Å². The molecule has 0 spiro atoms. The highest BCUT2D eigenvalue weighted by atomic mass is 35.5. The van der Waals surface area contributed by atoms with Crippen molar-refractivity contribution in [1.82, 2.24) is 20.2 Å². The average molecular weight is 468 g/mol. The van der Waals surface area contributed by atoms with Gasteiger partial charge in [0, 0.05) is 16.7 Å². The van der Waals surface area contributed by atoms with Gasteiger partial charge < -0.3 is 4.42 Å². The monoisotopic (exact) mass is 467 g/mol. The maximum absolute atomic E-state index is 12.1. The molecule has 1 aromatic carbocycles. The summed E-state index contributed by atoms with van der Waals surface area (Å²) in [4.78, 5) is 12.1. The van der Waals surface area contributed by atoms with Crippen molar-refractivity contribution in [2.24, 2.45) is 0 Å². The molecule has 7 nitrogen and oxygen atoms in total. The van der Waals surface area contributed by atoms with Crippen molar-refractivity contribution >= 4 is 64.3 Å². The molecule has 0 aliphatic heterocycles. The number of hydrogen-bond donors (Lipinski definition) is 2. The molecule has 0 aliphatic rings. The number of thioether (sulfide) groups is 1. The second-order valence-corrected chi connectivity index (χ2v) is 7.68. The molecule has 2 heterocycles. The van der Waals surface area contributed by atoms with Crippen LogP contribution in [0.4, 0.5) is 0 Å². The van der Waals surface area contributed by atoms with Gasteiger partial charge in [-0.05, 0) is 61.8 Å². The van der Waals surface area contributed by atoms with Gasteiger partial charge in [0.05, 0.1) is 5.02 Å². The molecule has 0 bridgehead atoms. The molecule has 0 aliphatic carbocycles. The topological polar surface area (TPSA) is 85.0 Å². The van der Waals surface area contributed by atoms with E-state index >= 15 is 0 Å². The molecular weight excluding hydrogens is 453 g/mol. The first-order valence-electron chi connectivity index (χ1n) is 8.18. The third-order valence-corrected chi connectivity index (χ3v) is 5.02. The van der Waals surface area contributed by atoms with Crippen LogP contribution in [0.15, 0.2) is 46.0 Å². The summed E-state index contributed by atoms with van der Waals surface area (Å²) in [5.41, 5.74) is 3.57. The second kappa shape index (κ2) is 9.45. The number of nitrogens with zero attached hydrogens (tertiary/aromatic N) is 3. The fourth-order valence-corrected chi connectivity index (χ4v) is 3.50. The van der Waals surface area contributed by atoms with Crippen LogP contribution in [0.5, 0.6) is 0 Å². The molecule has 0 radical (unpaired) electrons. The molecule has 150 valence electrons. The number of thiocarbonyl (C=S) groups is 1. The number of carbonyl (C=O) groups is 1. The van der Waals surface area contributed by atoms with Gasteiger partial charge in [-0.25, -0.2) is 4.68 Å². The molecule has 11 heteroatoms. The first kappa shape index (κ1) is 21.4. The molecule has 0 atom stereocenters. The Balaban J connectivity index is 1.61. The lowest BCUT2D eigenvalue weighted by molar-refractivity contribution is -0.115. The molecule has 29 heavy (non-hydrogen) atoms. The smallest absolute Gasteiger partial charge is 0.250 e. The summed E-state index contributed by atoms with van der Waals surface area (Å²) in [7, 11) is 0. The third kappa shape index (κ3) is 5.39. The lowest BCUT2D eigenvalue weighted by Gasteiger charge is -2.11. The summed E-state index contributed by atoms with van der Waals surface area (Å²) < 4.78 is 7.30. The van der Waals surface area contributed by atoms with Crippen molar-refractivity contribution in [3.05, 3.63) is 58.0 Å². The lowest BCUT2D eigenvalue weighted by Crippen LogP contribution is -2.37. The van der Waals surface area contributed by atoms with E-state index in [4.69, 9.17) is 39.8 Å². The van der Waals surface area contributed by atoms with Crippen LogP contribution >= 0.6 is 47.2 Å². The zero-order valence-corrected chi connectivity index (χ0v) is 18.4. The standard InChI is InChI=1S/C18H15Cl2N5O2S2/c1-10-22-23-18(29-2)25(10)24-17(28)21-16(26)8-5-12-4-7-15(27-12)13-6-3-11(19)9-14(13)20/h3-9H,1-2H3,(H2,21,24,26,28). The summed E-state index contributed by atoms with van der Waals surface area (Å²) in [5, 5.41) is 12.2. The number of rotatable bonds is 5. The van der Waals surface area contributed by atoms with Crippen molar-refractivity contribution in [3.63, 3.8) is 0 Å². The fraction of sp³-hybridized carbons (Fsp3) is 0.111. The van der Waals surface area contributed by atoms with Gasteiger partial charge >= 0.3 is 0 Å². The molecule has 3 aromatic rings. The van der Waals surface area contributed by atoms with Gasteiger partial charge in [-0.15, -0.1) is 10.2 Å². The average Bonchev–Trinajstić information content (AvgIpc) is 3.27. The molecule has 0 saturated carbocycles. The van der Waals surface area contributed by atoms with Gasteiger partial charge in [-0.2, -0.15) is 0 Å². The van der Waals surface area contributed by atoms with Gasteiger partial charge in [-0.3, -0.25) is 15.5 Å². The molecule has 0 saturated heterocycles. The third-order valence-electron chi connectivity index (χ3n) is 3.65. The summed E-state index contributed by atoms with van der Waals surface area (Å²) >= 11 is 18.7. The molecule has 2 N–H and O–H groups in total. The van der Waals surface area contributed by atoms with E-state index in [-0.39, 0.29) is 5.11 Å². The Labute approximate surface area is 186 Å². The van der Waals surface area contributed by atoms with Crippen LogP contribution in [-0.4, -0.2) is 32.1 Å². The molecule has 0 unspecified atom stereocenters. The molecule has 3 rings (SSSR count). The van der Waals surface area contributed by atoms with Gasteiger partial charge in [0.15, 0.2) is 5.11 Å². The highest BCUT2D eigenvalue weighted by Gasteiger charge is 2.11. The summed E-state index contributed by atoms with van der Waals surface area (Å²) in [6.07, 6.45) is 4.71. The minimum absolute atomic E-state index is 0.117. The Bertz CT molecular complexity index is 1090. The van der Waals surface area contributed by atoms with E-state index in [1.165, 1.54) is 23.9 Å². The van der Waals surface area contributed by atoms with Crippen LogP contribution in [0.25, 0.3) is 17.4 Å². The van der Waals surface area contributed by atoms with Gasteiger partial charge in [0.25, 0.3) is 0 Å². The van der Waals surface area contributed by atoms with Crippen LogP contribution in [0, 0.1) is 6.92 Å². The van der Waals surface area contributed by atoms with Gasteiger partial charge in [0.2, 0.25) is 11.1 Å². The van der Waals surface area contributed by atoms with E-state index in [0.29, 0.717) is 38.1 Å². The summed E-state index contributed by atoms with van der Waals surface area (Å²) in [5.74, 6) is 1.25. The Kier molecular flexibility index (Phi) is 6.96. The zero-order valence-electron chi connectivity index (χ0n) is 15.3. The predicted octanol–water partition coefficient (Wildman–Crippen LogP) is 4.53. The number of benzene rings is 1. The van der Waals surface area contributed by atoms with E-state index in [9.17, 15) is 4.79 Å². The highest BCUT2D eigenvalue weighted by Crippen LogP contribution is 2.31. The molecular formula is C18H15Cl2N5O2S2. The Hall–Kier alpha value is -2.33. The number of amides is 1. The largest absolute Gasteiger partial charge is 0.457 e. The number of carbonyl (C=O) groups excluding carboxylic acids is 1. The Morgan fingerprint density at radius 1 is 1.28 bits per heavy atom. The minimum Gasteiger partial charge on any atom is -0.457 e. The predicted molar refractivity (Wildman–Crippen MR) is 120 cm³/mol. The van der Waals surface area contributed by atoms with E-state index in [1.807, 2.05) is 6.26 Å².